The smallest absolute Gasteiger partial charge is 0.241 e. The summed E-state index contributed by atoms with van der Waals surface area (Å²) in [5.74, 6) is -0.216. The molecule has 3 N–H and O–H groups in total. The van der Waals surface area contributed by atoms with Crippen molar-refractivity contribution in [2.75, 3.05) is 5.32 Å². The van der Waals surface area contributed by atoms with Crippen molar-refractivity contribution in [1.29, 1.82) is 0 Å². The highest BCUT2D eigenvalue weighted by atomic mass is 79.9. The molecule has 0 aliphatic heterocycles. The van der Waals surface area contributed by atoms with Crippen molar-refractivity contribution in [3.63, 3.8) is 0 Å². The monoisotopic (exact) mass is 243 g/mol. The molecule has 1 rings (SSSR count). The van der Waals surface area contributed by atoms with Crippen molar-refractivity contribution in [3.05, 3.63) is 22.9 Å². The molecule has 0 saturated carbocycles. The lowest BCUT2D eigenvalue weighted by molar-refractivity contribution is -0.117. The van der Waals surface area contributed by atoms with E-state index < -0.39 is 6.04 Å². The topological polar surface area (TPSA) is 68.0 Å². The van der Waals surface area contributed by atoms with Crippen LogP contribution < -0.4 is 11.1 Å². The Morgan fingerprint density at radius 3 is 3.00 bits per heavy atom. The van der Waals surface area contributed by atoms with Gasteiger partial charge >= 0.3 is 0 Å². The highest BCUT2D eigenvalue weighted by Crippen LogP contribution is 2.19. The minimum Gasteiger partial charge on any atom is -0.324 e. The van der Waals surface area contributed by atoms with E-state index in [1.165, 1.54) is 0 Å². The number of nitrogens with one attached hydrogen (secondary N) is 1. The SMILES string of the molecule is C[C@@H](N)C(=O)Nc1ccncc1Br. The number of rotatable bonds is 2. The Morgan fingerprint density at radius 1 is 1.77 bits per heavy atom. The van der Waals surface area contributed by atoms with E-state index in [1.54, 1.807) is 25.4 Å². The molecule has 0 fully saturated rings. The predicted molar refractivity (Wildman–Crippen MR) is 54.2 cm³/mol. The molecule has 1 amide bonds. The molecule has 13 heavy (non-hydrogen) atoms. The molecule has 1 aromatic rings. The third-order valence-corrected chi connectivity index (χ3v) is 2.08. The molecule has 4 nitrogen and oxygen atoms in total. The Kier molecular flexibility index (Phi) is 3.39. The Labute approximate surface area is 84.7 Å². The van der Waals surface area contributed by atoms with Crippen LogP contribution >= 0.6 is 15.9 Å². The van der Waals surface area contributed by atoms with Crippen LogP contribution in [0, 0.1) is 0 Å². The minimum atomic E-state index is -0.514. The maximum Gasteiger partial charge on any atom is 0.241 e. The summed E-state index contributed by atoms with van der Waals surface area (Å²) < 4.78 is 0.740. The van der Waals surface area contributed by atoms with Gasteiger partial charge in [0.2, 0.25) is 5.91 Å². The number of carbonyl (C=O) groups excluding carboxylic acids is 1. The van der Waals surface area contributed by atoms with Crippen molar-refractivity contribution in [1.82, 2.24) is 4.98 Å². The second kappa shape index (κ2) is 4.34. The second-order valence-corrected chi connectivity index (χ2v) is 3.49. The lowest BCUT2D eigenvalue weighted by Gasteiger charge is -2.08. The van der Waals surface area contributed by atoms with Gasteiger partial charge in [0, 0.05) is 12.4 Å². The second-order valence-electron chi connectivity index (χ2n) is 2.63. The third kappa shape index (κ3) is 2.78. The summed E-state index contributed by atoms with van der Waals surface area (Å²) in [4.78, 5) is 15.1. The molecule has 0 radical (unpaired) electrons. The van der Waals surface area contributed by atoms with Crippen LogP contribution in [0.15, 0.2) is 22.9 Å². The molecule has 0 spiro atoms. The van der Waals surface area contributed by atoms with Gasteiger partial charge in [-0.2, -0.15) is 0 Å². The largest absolute Gasteiger partial charge is 0.324 e. The van der Waals surface area contributed by atoms with Gasteiger partial charge in [-0.05, 0) is 28.9 Å². The van der Waals surface area contributed by atoms with Crippen molar-refractivity contribution in [3.8, 4) is 0 Å². The Bertz CT molecular complexity index is 314. The summed E-state index contributed by atoms with van der Waals surface area (Å²) in [6.07, 6.45) is 3.21. The van der Waals surface area contributed by atoms with Gasteiger partial charge in [-0.25, -0.2) is 0 Å². The molecule has 5 heteroatoms. The number of nitrogens with two attached hydrogens (primary N) is 1. The first-order valence-electron chi connectivity index (χ1n) is 3.77. The zero-order chi connectivity index (χ0) is 9.84. The van der Waals surface area contributed by atoms with E-state index in [1.807, 2.05) is 0 Å². The van der Waals surface area contributed by atoms with Crippen LogP contribution in [0.25, 0.3) is 0 Å². The number of nitrogens with zero attached hydrogens (tertiary/aromatic N) is 1. The quantitative estimate of drug-likeness (QED) is 0.819. The summed E-state index contributed by atoms with van der Waals surface area (Å²) >= 11 is 3.26. The van der Waals surface area contributed by atoms with Crippen molar-refractivity contribution in [2.45, 2.75) is 13.0 Å². The van der Waals surface area contributed by atoms with Crippen LogP contribution in [0.4, 0.5) is 5.69 Å². The number of pyridine rings is 1. The van der Waals surface area contributed by atoms with E-state index in [0.29, 0.717) is 5.69 Å². The van der Waals surface area contributed by atoms with E-state index in [9.17, 15) is 4.79 Å². The van der Waals surface area contributed by atoms with Gasteiger partial charge in [0.15, 0.2) is 0 Å². The number of anilines is 1. The third-order valence-electron chi connectivity index (χ3n) is 1.44. The van der Waals surface area contributed by atoms with E-state index in [2.05, 4.69) is 26.2 Å². The van der Waals surface area contributed by atoms with E-state index >= 15 is 0 Å². The number of halogens is 1. The van der Waals surface area contributed by atoms with Gasteiger partial charge in [0.1, 0.15) is 0 Å². The van der Waals surface area contributed by atoms with Crippen LogP contribution in [0.3, 0.4) is 0 Å². The molecular weight excluding hydrogens is 234 g/mol. The van der Waals surface area contributed by atoms with E-state index in [0.717, 1.165) is 4.47 Å². The highest BCUT2D eigenvalue weighted by molar-refractivity contribution is 9.10. The molecule has 0 aliphatic rings. The molecule has 0 aromatic carbocycles. The number of amides is 1. The van der Waals surface area contributed by atoms with Crippen LogP contribution in [-0.2, 0) is 4.79 Å². The van der Waals surface area contributed by atoms with Gasteiger partial charge in [-0.3, -0.25) is 9.78 Å². The molecule has 70 valence electrons. The first-order chi connectivity index (χ1) is 6.11. The Morgan fingerprint density at radius 2 is 2.46 bits per heavy atom. The first kappa shape index (κ1) is 10.1. The summed E-state index contributed by atoms with van der Waals surface area (Å²) in [7, 11) is 0. The van der Waals surface area contributed by atoms with Gasteiger partial charge < -0.3 is 11.1 Å². The van der Waals surface area contributed by atoms with Crippen molar-refractivity contribution < 1.29 is 4.79 Å². The molecule has 1 heterocycles. The maximum atomic E-state index is 11.2. The summed E-state index contributed by atoms with van der Waals surface area (Å²) in [5, 5.41) is 2.66. The molecule has 0 bridgehead atoms. The molecule has 1 atom stereocenters. The normalized spacial score (nSPS) is 12.2. The molecular formula is C8H10BrN3O. The van der Waals surface area contributed by atoms with Crippen molar-refractivity contribution in [2.24, 2.45) is 5.73 Å². The van der Waals surface area contributed by atoms with Crippen LogP contribution in [0.2, 0.25) is 0 Å². The standard InChI is InChI=1S/C8H10BrN3O/c1-5(10)8(13)12-7-2-3-11-4-6(7)9/h2-5H,10H2,1H3,(H,11,12,13)/t5-/m1/s1. The summed E-state index contributed by atoms with van der Waals surface area (Å²) in [6, 6.07) is 1.18. The number of hydrogen-bond acceptors (Lipinski definition) is 3. The van der Waals surface area contributed by atoms with Crippen molar-refractivity contribution >= 4 is 27.5 Å². The van der Waals surface area contributed by atoms with Gasteiger partial charge in [0.25, 0.3) is 0 Å². The van der Waals surface area contributed by atoms with Crippen LogP contribution in [0.5, 0.6) is 0 Å². The lowest BCUT2D eigenvalue weighted by Crippen LogP contribution is -2.32. The lowest BCUT2D eigenvalue weighted by atomic mass is 10.3. The molecule has 0 unspecified atom stereocenters. The predicted octanol–water partition coefficient (Wildman–Crippen LogP) is 1.13. The van der Waals surface area contributed by atoms with Crippen LogP contribution in [0.1, 0.15) is 6.92 Å². The Hall–Kier alpha value is -0.940. The highest BCUT2D eigenvalue weighted by Gasteiger charge is 2.08. The van der Waals surface area contributed by atoms with Gasteiger partial charge in [-0.15, -0.1) is 0 Å². The number of carbonyl (C=O) groups is 1. The van der Waals surface area contributed by atoms with Gasteiger partial charge in [-0.1, -0.05) is 0 Å². The van der Waals surface area contributed by atoms with E-state index in [4.69, 9.17) is 5.73 Å². The fourth-order valence-corrected chi connectivity index (χ4v) is 1.07. The summed E-state index contributed by atoms with van der Waals surface area (Å²) in [5.41, 5.74) is 6.07. The first-order valence-corrected chi connectivity index (χ1v) is 4.56. The zero-order valence-corrected chi connectivity index (χ0v) is 8.71. The average molecular weight is 244 g/mol. The maximum absolute atomic E-state index is 11.2. The van der Waals surface area contributed by atoms with Crippen LogP contribution in [-0.4, -0.2) is 16.9 Å². The zero-order valence-electron chi connectivity index (χ0n) is 7.12. The summed E-state index contributed by atoms with van der Waals surface area (Å²) in [6.45, 7) is 1.63. The van der Waals surface area contributed by atoms with Gasteiger partial charge in [0.05, 0.1) is 16.2 Å². The van der Waals surface area contributed by atoms with E-state index in [-0.39, 0.29) is 5.91 Å². The number of hydrogen-bond donors (Lipinski definition) is 2. The molecule has 0 aliphatic carbocycles. The molecule has 0 saturated heterocycles. The molecule has 1 aromatic heterocycles. The fraction of sp³-hybridized carbons (Fsp3) is 0.250. The number of aromatic nitrogens is 1. The minimum absolute atomic E-state index is 0.216. The fourth-order valence-electron chi connectivity index (χ4n) is 0.723. The Balaban J connectivity index is 2.75. The average Bonchev–Trinajstić information content (AvgIpc) is 2.08.